The molecule has 29 heavy (non-hydrogen) atoms. The largest absolute Gasteiger partial charge is 0.486 e. The van der Waals surface area contributed by atoms with E-state index in [9.17, 15) is 4.79 Å². The van der Waals surface area contributed by atoms with Crippen LogP contribution in [0.25, 0.3) is 0 Å². The van der Waals surface area contributed by atoms with E-state index in [0.29, 0.717) is 32.7 Å². The molecule has 3 aliphatic rings. The fourth-order valence-corrected chi connectivity index (χ4v) is 4.27. The number of nitrogens with zero attached hydrogens (tertiary/aromatic N) is 3. The molecule has 0 radical (unpaired) electrons. The Morgan fingerprint density at radius 3 is 2.97 bits per heavy atom. The summed E-state index contributed by atoms with van der Waals surface area (Å²) in [6.45, 7) is 3.43. The fourth-order valence-electron chi connectivity index (χ4n) is 4.27. The first kappa shape index (κ1) is 18.4. The van der Waals surface area contributed by atoms with E-state index in [1.807, 2.05) is 29.3 Å². The number of benzene rings is 1. The lowest BCUT2D eigenvalue weighted by Gasteiger charge is -2.29. The summed E-state index contributed by atoms with van der Waals surface area (Å²) in [5.74, 6) is 2.49. The Bertz CT molecular complexity index is 911. The van der Waals surface area contributed by atoms with Crippen molar-refractivity contribution in [1.82, 2.24) is 20.2 Å². The molecule has 1 amide bonds. The van der Waals surface area contributed by atoms with Crippen molar-refractivity contribution in [2.24, 2.45) is 0 Å². The lowest BCUT2D eigenvalue weighted by Crippen LogP contribution is -2.38. The Morgan fingerprint density at radius 1 is 1.21 bits per heavy atom. The van der Waals surface area contributed by atoms with Crippen LogP contribution in [0.15, 0.2) is 24.4 Å². The number of hydrogen-bond acceptors (Lipinski definition) is 6. The number of fused-ring (bicyclic) bond motifs is 2. The molecule has 7 heteroatoms. The standard InChI is InChI=1S/C22H26N4O3/c27-21(12-15-4-5-19-20(11-15)29-10-9-28-19)26-8-6-17-16(14-26)13-24-22(25-17)18-3-1-2-7-23-18/h4-5,11,13,18,23H,1-3,6-10,12,14H2/t18-/m1/s1. The van der Waals surface area contributed by atoms with E-state index in [1.165, 1.54) is 12.8 Å². The number of nitrogens with one attached hydrogen (secondary N) is 1. The maximum Gasteiger partial charge on any atom is 0.227 e. The van der Waals surface area contributed by atoms with Gasteiger partial charge in [-0.1, -0.05) is 12.5 Å². The molecule has 1 aromatic heterocycles. The molecular formula is C22H26N4O3. The number of carbonyl (C=O) groups is 1. The number of amides is 1. The highest BCUT2D eigenvalue weighted by atomic mass is 16.6. The van der Waals surface area contributed by atoms with Gasteiger partial charge in [0.05, 0.1) is 18.2 Å². The van der Waals surface area contributed by atoms with Crippen molar-refractivity contribution in [3.05, 3.63) is 47.0 Å². The number of piperidine rings is 1. The highest BCUT2D eigenvalue weighted by Crippen LogP contribution is 2.31. The zero-order valence-electron chi connectivity index (χ0n) is 16.5. The third-order valence-corrected chi connectivity index (χ3v) is 5.89. The third kappa shape index (κ3) is 3.92. The third-order valence-electron chi connectivity index (χ3n) is 5.89. The number of aromatic nitrogens is 2. The summed E-state index contributed by atoms with van der Waals surface area (Å²) in [7, 11) is 0. The number of rotatable bonds is 3. The quantitative estimate of drug-likeness (QED) is 0.860. The van der Waals surface area contributed by atoms with Crippen molar-refractivity contribution in [2.75, 3.05) is 26.3 Å². The van der Waals surface area contributed by atoms with Crippen LogP contribution in [0.3, 0.4) is 0 Å². The highest BCUT2D eigenvalue weighted by Gasteiger charge is 2.25. The molecule has 1 aromatic carbocycles. The van der Waals surface area contributed by atoms with Gasteiger partial charge in [-0.15, -0.1) is 0 Å². The van der Waals surface area contributed by atoms with Crippen molar-refractivity contribution in [3.63, 3.8) is 0 Å². The molecule has 1 saturated heterocycles. The van der Waals surface area contributed by atoms with Gasteiger partial charge >= 0.3 is 0 Å². The van der Waals surface area contributed by atoms with Crippen molar-refractivity contribution >= 4 is 5.91 Å². The first-order chi connectivity index (χ1) is 14.3. The van der Waals surface area contributed by atoms with Crippen LogP contribution in [-0.2, 0) is 24.2 Å². The van der Waals surface area contributed by atoms with Crippen LogP contribution >= 0.6 is 0 Å². The summed E-state index contributed by atoms with van der Waals surface area (Å²) < 4.78 is 11.2. The summed E-state index contributed by atoms with van der Waals surface area (Å²) in [4.78, 5) is 24.2. The van der Waals surface area contributed by atoms with Gasteiger partial charge in [-0.25, -0.2) is 9.97 Å². The van der Waals surface area contributed by atoms with Crippen molar-refractivity contribution in [1.29, 1.82) is 0 Å². The van der Waals surface area contributed by atoms with Crippen molar-refractivity contribution < 1.29 is 14.3 Å². The Balaban J connectivity index is 1.25. The zero-order chi connectivity index (χ0) is 19.6. The van der Waals surface area contributed by atoms with Crippen molar-refractivity contribution in [3.8, 4) is 11.5 Å². The Kier molecular flexibility index (Phi) is 5.06. The molecule has 1 N–H and O–H groups in total. The highest BCUT2D eigenvalue weighted by molar-refractivity contribution is 5.79. The number of ether oxygens (including phenoxy) is 2. The molecule has 0 bridgehead atoms. The van der Waals surface area contributed by atoms with E-state index >= 15 is 0 Å². The van der Waals surface area contributed by atoms with Gasteiger partial charge in [-0.2, -0.15) is 0 Å². The summed E-state index contributed by atoms with van der Waals surface area (Å²) in [6.07, 6.45) is 6.60. The smallest absolute Gasteiger partial charge is 0.227 e. The van der Waals surface area contributed by atoms with E-state index in [2.05, 4.69) is 10.3 Å². The summed E-state index contributed by atoms with van der Waals surface area (Å²) >= 11 is 0. The SMILES string of the molecule is O=C(Cc1ccc2c(c1)OCCO2)N1CCc2nc([C@H]3CCCCN3)ncc2C1. The molecule has 1 fully saturated rings. The van der Waals surface area contributed by atoms with E-state index in [4.69, 9.17) is 14.5 Å². The summed E-state index contributed by atoms with van der Waals surface area (Å²) in [5.41, 5.74) is 3.09. The minimum atomic E-state index is 0.116. The first-order valence-corrected chi connectivity index (χ1v) is 10.5. The molecule has 0 spiro atoms. The number of carbonyl (C=O) groups excluding carboxylic acids is 1. The molecule has 5 rings (SSSR count). The molecule has 4 heterocycles. The fraction of sp³-hybridized carbons (Fsp3) is 0.500. The average molecular weight is 394 g/mol. The average Bonchev–Trinajstić information content (AvgIpc) is 2.79. The summed E-state index contributed by atoms with van der Waals surface area (Å²) in [6, 6.07) is 6.01. The maximum absolute atomic E-state index is 12.9. The minimum Gasteiger partial charge on any atom is -0.486 e. The second-order valence-corrected chi connectivity index (χ2v) is 7.92. The zero-order valence-corrected chi connectivity index (χ0v) is 16.5. The first-order valence-electron chi connectivity index (χ1n) is 10.5. The Hall–Kier alpha value is -2.67. The number of hydrogen-bond donors (Lipinski definition) is 1. The Labute approximate surface area is 170 Å². The van der Waals surface area contributed by atoms with E-state index in [-0.39, 0.29) is 11.9 Å². The molecule has 0 saturated carbocycles. The van der Waals surface area contributed by atoms with E-state index < -0.39 is 0 Å². The predicted octanol–water partition coefficient (Wildman–Crippen LogP) is 2.19. The van der Waals surface area contributed by atoms with Gasteiger partial charge in [0.25, 0.3) is 0 Å². The molecule has 0 aliphatic carbocycles. The van der Waals surface area contributed by atoms with Gasteiger partial charge in [0.1, 0.15) is 19.0 Å². The maximum atomic E-state index is 12.9. The molecule has 3 aliphatic heterocycles. The molecule has 152 valence electrons. The molecule has 0 unspecified atom stereocenters. The normalized spacial score (nSPS) is 20.8. The lowest BCUT2D eigenvalue weighted by atomic mass is 10.0. The van der Waals surface area contributed by atoms with Gasteiger partial charge in [0.15, 0.2) is 11.5 Å². The minimum absolute atomic E-state index is 0.116. The lowest BCUT2D eigenvalue weighted by molar-refractivity contribution is -0.131. The van der Waals surface area contributed by atoms with Gasteiger partial charge in [-0.05, 0) is 37.1 Å². The topological polar surface area (TPSA) is 76.6 Å². The summed E-state index contributed by atoms with van der Waals surface area (Å²) in [5, 5.41) is 3.51. The van der Waals surface area contributed by atoms with Gasteiger partial charge in [-0.3, -0.25) is 4.79 Å². The van der Waals surface area contributed by atoms with Gasteiger partial charge in [0, 0.05) is 31.3 Å². The molecule has 1 atom stereocenters. The van der Waals surface area contributed by atoms with Crippen LogP contribution in [-0.4, -0.2) is 47.1 Å². The second kappa shape index (κ2) is 7.99. The van der Waals surface area contributed by atoms with E-state index in [0.717, 1.165) is 53.5 Å². The Morgan fingerprint density at radius 2 is 2.10 bits per heavy atom. The van der Waals surface area contributed by atoms with Crippen LogP contribution in [0, 0.1) is 0 Å². The molecule has 2 aromatic rings. The monoisotopic (exact) mass is 394 g/mol. The van der Waals surface area contributed by atoms with Crippen molar-refractivity contribution in [2.45, 2.75) is 44.7 Å². The van der Waals surface area contributed by atoms with Crippen LogP contribution in [0.2, 0.25) is 0 Å². The van der Waals surface area contributed by atoms with Crippen LogP contribution < -0.4 is 14.8 Å². The molecule has 7 nitrogen and oxygen atoms in total. The predicted molar refractivity (Wildman–Crippen MR) is 107 cm³/mol. The second-order valence-electron chi connectivity index (χ2n) is 7.92. The van der Waals surface area contributed by atoms with Crippen LogP contribution in [0.5, 0.6) is 11.5 Å². The molecular weight excluding hydrogens is 368 g/mol. The van der Waals surface area contributed by atoms with Crippen LogP contribution in [0.1, 0.15) is 47.9 Å². The van der Waals surface area contributed by atoms with Crippen LogP contribution in [0.4, 0.5) is 0 Å². The van der Waals surface area contributed by atoms with Gasteiger partial charge < -0.3 is 19.7 Å². The van der Waals surface area contributed by atoms with E-state index in [1.54, 1.807) is 0 Å². The van der Waals surface area contributed by atoms with Gasteiger partial charge in [0.2, 0.25) is 5.91 Å².